The van der Waals surface area contributed by atoms with E-state index < -0.39 is 5.97 Å². The molecule has 6 heteroatoms. The molecule has 0 bridgehead atoms. The van der Waals surface area contributed by atoms with Crippen LogP contribution in [0, 0.1) is 6.92 Å². The van der Waals surface area contributed by atoms with Gasteiger partial charge in [-0.25, -0.2) is 9.78 Å². The minimum Gasteiger partial charge on any atom is -0.505 e. The summed E-state index contributed by atoms with van der Waals surface area (Å²) in [4.78, 5) is 16.2. The normalized spacial score (nSPS) is 11.0. The Bertz CT molecular complexity index is 904. The maximum absolute atomic E-state index is 12.0. The van der Waals surface area contributed by atoms with E-state index in [1.165, 1.54) is 0 Å². The second-order valence-corrected chi connectivity index (χ2v) is 5.84. The summed E-state index contributed by atoms with van der Waals surface area (Å²) in [7, 11) is 0. The molecule has 0 unspecified atom stereocenters. The molecule has 0 aliphatic rings. The fraction of sp³-hybridized carbons (Fsp3) is 0.222. The Hall–Kier alpha value is -2.53. The highest BCUT2D eigenvalue weighted by Gasteiger charge is 2.23. The third-order valence-electron chi connectivity index (χ3n) is 3.78. The van der Waals surface area contributed by atoms with Crippen molar-refractivity contribution < 1.29 is 14.6 Å². The number of fused-ring (bicyclic) bond motifs is 1. The first-order valence-corrected chi connectivity index (χ1v) is 7.99. The van der Waals surface area contributed by atoms with Gasteiger partial charge in [-0.05, 0) is 19.4 Å². The van der Waals surface area contributed by atoms with Gasteiger partial charge >= 0.3 is 5.97 Å². The Kier molecular flexibility index (Phi) is 4.44. The summed E-state index contributed by atoms with van der Waals surface area (Å²) in [5, 5.41) is 11.3. The van der Waals surface area contributed by atoms with E-state index in [-0.39, 0.29) is 18.1 Å². The van der Waals surface area contributed by atoms with E-state index in [2.05, 4.69) is 4.98 Å². The molecule has 3 rings (SSSR count). The summed E-state index contributed by atoms with van der Waals surface area (Å²) in [6.07, 6.45) is 1.74. The van der Waals surface area contributed by atoms with Gasteiger partial charge in [0.05, 0.1) is 28.2 Å². The number of rotatable bonds is 4. The number of aryl methyl sites for hydroxylation is 1. The Labute approximate surface area is 144 Å². The lowest BCUT2D eigenvalue weighted by molar-refractivity contribution is 0.0516. The summed E-state index contributed by atoms with van der Waals surface area (Å²) in [6, 6.07) is 9.90. The van der Waals surface area contributed by atoms with Gasteiger partial charge in [-0.15, -0.1) is 0 Å². The fourth-order valence-electron chi connectivity index (χ4n) is 2.78. The molecule has 0 atom stereocenters. The molecule has 0 spiro atoms. The number of carbonyl (C=O) groups is 1. The SMILES string of the molecule is CCOC(=O)c1nc(C)c2c(c(Cl)cn2Cc2ccccc2)c1O. The molecule has 0 amide bonds. The molecule has 1 N–H and O–H groups in total. The molecule has 24 heavy (non-hydrogen) atoms. The number of aromatic nitrogens is 2. The van der Waals surface area contributed by atoms with Crippen molar-refractivity contribution in [3.63, 3.8) is 0 Å². The smallest absolute Gasteiger partial charge is 0.360 e. The molecule has 0 saturated carbocycles. The van der Waals surface area contributed by atoms with Gasteiger partial charge in [0, 0.05) is 12.7 Å². The number of nitrogens with zero attached hydrogens (tertiary/aromatic N) is 2. The largest absolute Gasteiger partial charge is 0.505 e. The van der Waals surface area contributed by atoms with Crippen molar-refractivity contribution in [1.82, 2.24) is 9.55 Å². The number of aromatic hydroxyl groups is 1. The molecule has 5 nitrogen and oxygen atoms in total. The highest BCUT2D eigenvalue weighted by molar-refractivity contribution is 6.36. The Morgan fingerprint density at radius 2 is 2.04 bits per heavy atom. The quantitative estimate of drug-likeness (QED) is 0.728. The minimum absolute atomic E-state index is 0.110. The van der Waals surface area contributed by atoms with Crippen molar-refractivity contribution >= 4 is 28.5 Å². The average molecular weight is 345 g/mol. The van der Waals surface area contributed by atoms with Crippen LogP contribution >= 0.6 is 11.6 Å². The fourth-order valence-corrected chi connectivity index (χ4v) is 3.07. The number of benzene rings is 1. The molecule has 0 saturated heterocycles. The molecule has 0 aliphatic carbocycles. The molecule has 1 aromatic carbocycles. The van der Waals surface area contributed by atoms with Gasteiger partial charge in [-0.3, -0.25) is 0 Å². The highest BCUT2D eigenvalue weighted by atomic mass is 35.5. The van der Waals surface area contributed by atoms with Crippen LogP contribution in [0.4, 0.5) is 0 Å². The highest BCUT2D eigenvalue weighted by Crippen LogP contribution is 2.37. The second kappa shape index (κ2) is 6.53. The van der Waals surface area contributed by atoms with E-state index in [1.807, 2.05) is 34.9 Å². The Balaban J connectivity index is 2.15. The second-order valence-electron chi connectivity index (χ2n) is 5.43. The van der Waals surface area contributed by atoms with Gasteiger partial charge < -0.3 is 14.4 Å². The number of ether oxygens (including phenoxy) is 1. The summed E-state index contributed by atoms with van der Waals surface area (Å²) in [6.45, 7) is 4.27. The van der Waals surface area contributed by atoms with Crippen LogP contribution in [-0.2, 0) is 11.3 Å². The van der Waals surface area contributed by atoms with E-state index in [0.717, 1.165) is 5.56 Å². The lowest BCUT2D eigenvalue weighted by Gasteiger charge is -2.10. The number of halogens is 1. The Morgan fingerprint density at radius 3 is 2.71 bits per heavy atom. The third kappa shape index (κ3) is 2.83. The van der Waals surface area contributed by atoms with Gasteiger partial charge in [0.15, 0.2) is 11.4 Å². The van der Waals surface area contributed by atoms with Crippen LogP contribution in [0.15, 0.2) is 36.5 Å². The molecular weight excluding hydrogens is 328 g/mol. The van der Waals surface area contributed by atoms with Crippen molar-refractivity contribution in [3.8, 4) is 5.75 Å². The predicted molar refractivity (Wildman–Crippen MR) is 92.6 cm³/mol. The van der Waals surface area contributed by atoms with Crippen molar-refractivity contribution in [2.24, 2.45) is 0 Å². The number of hydrogen-bond donors (Lipinski definition) is 1. The van der Waals surface area contributed by atoms with Gasteiger partial charge in [-0.1, -0.05) is 41.9 Å². The van der Waals surface area contributed by atoms with Gasteiger partial charge in [0.1, 0.15) is 0 Å². The van der Waals surface area contributed by atoms with E-state index in [1.54, 1.807) is 20.0 Å². The van der Waals surface area contributed by atoms with E-state index in [4.69, 9.17) is 16.3 Å². The summed E-state index contributed by atoms with van der Waals surface area (Å²) in [5.74, 6) is -0.905. The Morgan fingerprint density at radius 1 is 1.33 bits per heavy atom. The van der Waals surface area contributed by atoms with Crippen LogP contribution in [0.5, 0.6) is 5.75 Å². The molecular formula is C18H17ClN2O3. The lowest BCUT2D eigenvalue weighted by Crippen LogP contribution is -2.09. The molecule has 2 aromatic heterocycles. The monoisotopic (exact) mass is 344 g/mol. The van der Waals surface area contributed by atoms with E-state index in [9.17, 15) is 9.90 Å². The number of carbonyl (C=O) groups excluding carboxylic acids is 1. The van der Waals surface area contributed by atoms with Gasteiger partial charge in [0.2, 0.25) is 0 Å². The summed E-state index contributed by atoms with van der Waals surface area (Å²) >= 11 is 6.31. The van der Waals surface area contributed by atoms with Crippen LogP contribution < -0.4 is 0 Å². The molecule has 124 valence electrons. The maximum Gasteiger partial charge on any atom is 0.360 e. The number of hydrogen-bond acceptors (Lipinski definition) is 4. The minimum atomic E-state index is -0.660. The lowest BCUT2D eigenvalue weighted by atomic mass is 10.2. The summed E-state index contributed by atoms with van der Waals surface area (Å²) < 4.78 is 6.86. The van der Waals surface area contributed by atoms with Gasteiger partial charge in [-0.2, -0.15) is 0 Å². The van der Waals surface area contributed by atoms with Crippen molar-refractivity contribution in [3.05, 3.63) is 58.5 Å². The summed E-state index contributed by atoms with van der Waals surface area (Å²) in [5.41, 5.74) is 2.30. The standard InChI is InChI=1S/C18H17ClN2O3/c1-3-24-18(23)15-17(22)14-13(19)10-21(16(14)11(2)20-15)9-12-7-5-4-6-8-12/h4-8,10,22H,3,9H2,1-2H3. The zero-order valence-electron chi connectivity index (χ0n) is 13.4. The first-order valence-electron chi connectivity index (χ1n) is 7.61. The molecule has 0 aliphatic heterocycles. The van der Waals surface area contributed by atoms with Gasteiger partial charge in [0.25, 0.3) is 0 Å². The van der Waals surface area contributed by atoms with E-state index in [0.29, 0.717) is 28.2 Å². The predicted octanol–water partition coefficient (Wildman–Crippen LogP) is 3.93. The zero-order chi connectivity index (χ0) is 17.3. The van der Waals surface area contributed by atoms with Crippen molar-refractivity contribution in [1.29, 1.82) is 0 Å². The number of pyridine rings is 1. The first kappa shape index (κ1) is 16.3. The topological polar surface area (TPSA) is 64.3 Å². The average Bonchev–Trinajstić information content (AvgIpc) is 2.89. The maximum atomic E-state index is 12.0. The van der Waals surface area contributed by atoms with Crippen molar-refractivity contribution in [2.75, 3.05) is 6.61 Å². The van der Waals surface area contributed by atoms with Crippen molar-refractivity contribution in [2.45, 2.75) is 20.4 Å². The van der Waals surface area contributed by atoms with Crippen LogP contribution in [0.1, 0.15) is 28.7 Å². The zero-order valence-corrected chi connectivity index (χ0v) is 14.2. The molecule has 2 heterocycles. The van der Waals surface area contributed by atoms with Crippen LogP contribution in [0.3, 0.4) is 0 Å². The molecule has 0 fully saturated rings. The first-order chi connectivity index (χ1) is 11.5. The number of esters is 1. The molecule has 3 aromatic rings. The van der Waals surface area contributed by atoms with Crippen LogP contribution in [0.25, 0.3) is 10.9 Å². The van der Waals surface area contributed by atoms with Crippen LogP contribution in [0.2, 0.25) is 5.02 Å². The van der Waals surface area contributed by atoms with Crippen LogP contribution in [-0.4, -0.2) is 27.2 Å². The van der Waals surface area contributed by atoms with E-state index >= 15 is 0 Å². The molecule has 0 radical (unpaired) electrons. The third-order valence-corrected chi connectivity index (χ3v) is 4.07.